The van der Waals surface area contributed by atoms with Gasteiger partial charge in [-0.15, -0.1) is 0 Å². The molecule has 0 aromatic carbocycles. The lowest BCUT2D eigenvalue weighted by Gasteiger charge is -2.45. The number of alkyl halides is 6. The van der Waals surface area contributed by atoms with Crippen LogP contribution in [0.3, 0.4) is 0 Å². The van der Waals surface area contributed by atoms with Gasteiger partial charge in [-0.25, -0.2) is 0 Å². The lowest BCUT2D eigenvalue weighted by molar-refractivity contribution is -0.228. The lowest BCUT2D eigenvalue weighted by atomic mass is 9.75. The minimum absolute atomic E-state index is 0.129. The van der Waals surface area contributed by atoms with Crippen LogP contribution < -0.4 is 16.0 Å². The van der Waals surface area contributed by atoms with Gasteiger partial charge in [-0.1, -0.05) is 0 Å². The van der Waals surface area contributed by atoms with Gasteiger partial charge in [-0.2, -0.15) is 26.3 Å². The Balaban J connectivity index is 1.82. The third-order valence-corrected chi connectivity index (χ3v) is 6.06. The Bertz CT molecular complexity index is 578. The van der Waals surface area contributed by atoms with E-state index >= 15 is 0 Å². The van der Waals surface area contributed by atoms with Gasteiger partial charge in [0.2, 0.25) is 5.91 Å². The number of fused-ring (bicyclic) bond motifs is 1. The van der Waals surface area contributed by atoms with Gasteiger partial charge in [0, 0.05) is 25.2 Å². The monoisotopic (exact) mass is 402 g/mol. The molecule has 27 heavy (non-hydrogen) atoms. The highest BCUT2D eigenvalue weighted by Gasteiger charge is 2.60. The van der Waals surface area contributed by atoms with E-state index in [1.165, 1.54) is 0 Å². The smallest absolute Gasteiger partial charge is 0.332 e. The zero-order chi connectivity index (χ0) is 20.2. The van der Waals surface area contributed by atoms with E-state index < -0.39 is 60.8 Å². The fourth-order valence-corrected chi connectivity index (χ4v) is 4.53. The Morgan fingerprint density at radius 2 is 1.67 bits per heavy atom. The number of nitrogens with zero attached hydrogens (tertiary/aromatic N) is 1. The Labute approximate surface area is 153 Å². The van der Waals surface area contributed by atoms with Crippen LogP contribution in [0, 0.1) is 11.8 Å². The van der Waals surface area contributed by atoms with Gasteiger partial charge >= 0.3 is 12.4 Å². The molecule has 0 bridgehead atoms. The number of amides is 1. The van der Waals surface area contributed by atoms with E-state index in [0.717, 1.165) is 0 Å². The van der Waals surface area contributed by atoms with Gasteiger partial charge in [-0.05, 0) is 26.7 Å². The first kappa shape index (κ1) is 20.7. The molecule has 2 aliphatic heterocycles. The lowest BCUT2D eigenvalue weighted by Crippen LogP contribution is -2.66. The van der Waals surface area contributed by atoms with Crippen LogP contribution in [0.4, 0.5) is 26.3 Å². The number of rotatable bonds is 2. The van der Waals surface area contributed by atoms with Gasteiger partial charge < -0.3 is 10.2 Å². The maximum Gasteiger partial charge on any atom is 0.393 e. The Morgan fingerprint density at radius 1 is 1.00 bits per heavy atom. The molecule has 5 nitrogen and oxygen atoms in total. The quantitative estimate of drug-likeness (QED) is 0.615. The van der Waals surface area contributed by atoms with Crippen molar-refractivity contribution in [3.63, 3.8) is 0 Å². The fourth-order valence-electron chi connectivity index (χ4n) is 4.53. The molecule has 5 unspecified atom stereocenters. The minimum atomic E-state index is -4.73. The van der Waals surface area contributed by atoms with E-state index in [0.29, 0.717) is 13.1 Å². The van der Waals surface area contributed by atoms with Crippen molar-refractivity contribution in [2.75, 3.05) is 19.6 Å². The minimum Gasteiger partial charge on any atom is -0.332 e. The van der Waals surface area contributed by atoms with Crippen molar-refractivity contribution in [2.24, 2.45) is 11.8 Å². The SMILES string of the molecule is CC(C)(C1NC2CC(C(F)(F)F)CC(C(F)(F)F)C2N1)N1CCNCC1=O. The van der Waals surface area contributed by atoms with Crippen molar-refractivity contribution in [1.29, 1.82) is 0 Å². The average molecular weight is 402 g/mol. The number of nitrogens with one attached hydrogen (secondary N) is 3. The van der Waals surface area contributed by atoms with Crippen LogP contribution in [0.1, 0.15) is 26.7 Å². The Hall–Kier alpha value is -1.07. The number of carbonyl (C=O) groups excluding carboxylic acids is 1. The summed E-state index contributed by atoms with van der Waals surface area (Å²) < 4.78 is 79.9. The second-order valence-electron chi connectivity index (χ2n) is 8.13. The van der Waals surface area contributed by atoms with E-state index in [9.17, 15) is 31.1 Å². The van der Waals surface area contributed by atoms with Gasteiger partial charge in [0.15, 0.2) is 0 Å². The molecular formula is C16H24F6N4O. The van der Waals surface area contributed by atoms with Crippen molar-refractivity contribution < 1.29 is 31.1 Å². The summed E-state index contributed by atoms with van der Waals surface area (Å²) in [6.07, 6.45) is -11.5. The molecule has 2 heterocycles. The first-order chi connectivity index (χ1) is 12.3. The molecule has 3 N–H and O–H groups in total. The normalized spacial score (nSPS) is 36.1. The molecule has 0 radical (unpaired) electrons. The molecule has 156 valence electrons. The number of halogens is 6. The summed E-state index contributed by atoms with van der Waals surface area (Å²) in [5.74, 6) is -4.28. The summed E-state index contributed by atoms with van der Waals surface area (Å²) in [5.41, 5.74) is -0.888. The van der Waals surface area contributed by atoms with Crippen LogP contribution in [0.2, 0.25) is 0 Å². The molecule has 1 amide bonds. The molecule has 3 rings (SSSR count). The molecule has 11 heteroatoms. The number of hydrogen-bond acceptors (Lipinski definition) is 4. The van der Waals surface area contributed by atoms with Crippen molar-refractivity contribution >= 4 is 5.91 Å². The third-order valence-electron chi connectivity index (χ3n) is 6.06. The maximum absolute atomic E-state index is 13.5. The van der Waals surface area contributed by atoms with E-state index in [2.05, 4.69) is 16.0 Å². The molecule has 0 aromatic rings. The van der Waals surface area contributed by atoms with E-state index in [4.69, 9.17) is 0 Å². The predicted molar refractivity (Wildman–Crippen MR) is 84.6 cm³/mol. The summed E-state index contributed by atoms with van der Waals surface area (Å²) in [4.78, 5) is 13.8. The van der Waals surface area contributed by atoms with Gasteiger partial charge in [-0.3, -0.25) is 15.4 Å². The molecule has 0 spiro atoms. The molecule has 0 aromatic heterocycles. The second kappa shape index (κ2) is 6.77. The highest BCUT2D eigenvalue weighted by atomic mass is 19.4. The van der Waals surface area contributed by atoms with Gasteiger partial charge in [0.25, 0.3) is 0 Å². The molecular weight excluding hydrogens is 378 g/mol. The summed E-state index contributed by atoms with van der Waals surface area (Å²) in [7, 11) is 0. The summed E-state index contributed by atoms with van der Waals surface area (Å²) in [6, 6.07) is -2.11. The molecule has 5 atom stereocenters. The summed E-state index contributed by atoms with van der Waals surface area (Å²) in [5, 5.41) is 8.72. The van der Waals surface area contributed by atoms with Crippen LogP contribution in [-0.4, -0.2) is 66.6 Å². The van der Waals surface area contributed by atoms with E-state index in [1.807, 2.05) is 0 Å². The second-order valence-corrected chi connectivity index (χ2v) is 8.13. The van der Waals surface area contributed by atoms with Crippen LogP contribution >= 0.6 is 0 Å². The average Bonchev–Trinajstić information content (AvgIpc) is 2.97. The zero-order valence-electron chi connectivity index (χ0n) is 15.0. The standard InChI is InChI=1S/C16H24F6N4O/c1-14(2,26-4-3-23-7-11(26)27)13-24-10-6-8(15(17,18)19)5-9(12(10)25-13)16(20,21)22/h8-10,12-13,23-25H,3-7H2,1-2H3. The zero-order valence-corrected chi connectivity index (χ0v) is 15.0. The molecule has 3 aliphatic rings. The topological polar surface area (TPSA) is 56.4 Å². The molecule has 2 saturated heterocycles. The van der Waals surface area contributed by atoms with E-state index in [1.54, 1.807) is 18.7 Å². The first-order valence-electron chi connectivity index (χ1n) is 8.98. The maximum atomic E-state index is 13.5. The fraction of sp³-hybridized carbons (Fsp3) is 0.938. The first-order valence-corrected chi connectivity index (χ1v) is 8.98. The number of carbonyl (C=O) groups is 1. The highest BCUT2D eigenvalue weighted by Crippen LogP contribution is 2.47. The number of piperazine rings is 1. The van der Waals surface area contributed by atoms with Crippen molar-refractivity contribution in [2.45, 2.75) is 62.8 Å². The number of hydrogen-bond donors (Lipinski definition) is 3. The third kappa shape index (κ3) is 3.91. The largest absolute Gasteiger partial charge is 0.393 e. The Kier molecular flexibility index (Phi) is 5.18. The van der Waals surface area contributed by atoms with Crippen LogP contribution in [-0.2, 0) is 4.79 Å². The van der Waals surface area contributed by atoms with Crippen molar-refractivity contribution in [1.82, 2.24) is 20.9 Å². The van der Waals surface area contributed by atoms with Crippen LogP contribution in [0.25, 0.3) is 0 Å². The van der Waals surface area contributed by atoms with Crippen LogP contribution in [0.5, 0.6) is 0 Å². The Morgan fingerprint density at radius 3 is 2.22 bits per heavy atom. The predicted octanol–water partition coefficient (Wildman–Crippen LogP) is 1.60. The van der Waals surface area contributed by atoms with Gasteiger partial charge in [0.1, 0.15) is 0 Å². The van der Waals surface area contributed by atoms with Crippen molar-refractivity contribution in [3.05, 3.63) is 0 Å². The summed E-state index contributed by atoms with van der Waals surface area (Å²) in [6.45, 7) is 4.49. The molecule has 3 fully saturated rings. The van der Waals surface area contributed by atoms with Crippen LogP contribution in [0.15, 0.2) is 0 Å². The van der Waals surface area contributed by atoms with Gasteiger partial charge in [0.05, 0.1) is 30.1 Å². The molecule has 1 saturated carbocycles. The molecule has 1 aliphatic carbocycles. The summed E-state index contributed by atoms with van der Waals surface area (Å²) >= 11 is 0. The highest BCUT2D eigenvalue weighted by molar-refractivity contribution is 5.79. The van der Waals surface area contributed by atoms with Crippen molar-refractivity contribution in [3.8, 4) is 0 Å². The van der Waals surface area contributed by atoms with E-state index in [-0.39, 0.29) is 12.5 Å².